The molecule has 4 heteroatoms. The molecule has 0 amide bonds. The number of piperidine rings is 1. The Morgan fingerprint density at radius 3 is 2.74 bits per heavy atom. The Bertz CT molecular complexity index is 414. The molecule has 0 saturated carbocycles. The molecule has 4 nitrogen and oxygen atoms in total. The standard InChI is InChI=1S/C15H21NO3/c1-3-19-13-8-9-16-14(10-13)11-4-6-12(7-5-11)15(17)18-2/h4-7,13-14,16H,3,8-10H2,1-2H3/t13-,14?/m0/s1. The second-order valence-electron chi connectivity index (χ2n) is 4.72. The fourth-order valence-electron chi connectivity index (χ4n) is 2.49. The van der Waals surface area contributed by atoms with Crippen molar-refractivity contribution in [1.82, 2.24) is 5.32 Å². The Labute approximate surface area is 114 Å². The van der Waals surface area contributed by atoms with Crippen molar-refractivity contribution in [3.05, 3.63) is 35.4 Å². The minimum atomic E-state index is -0.296. The van der Waals surface area contributed by atoms with Gasteiger partial charge in [0.1, 0.15) is 0 Å². The zero-order chi connectivity index (χ0) is 13.7. The van der Waals surface area contributed by atoms with E-state index in [2.05, 4.69) is 5.32 Å². The molecule has 104 valence electrons. The van der Waals surface area contributed by atoms with E-state index in [1.54, 1.807) is 0 Å². The van der Waals surface area contributed by atoms with Crippen LogP contribution in [0.15, 0.2) is 24.3 Å². The van der Waals surface area contributed by atoms with Crippen molar-refractivity contribution in [2.45, 2.75) is 31.9 Å². The van der Waals surface area contributed by atoms with Crippen LogP contribution in [0, 0.1) is 0 Å². The van der Waals surface area contributed by atoms with Gasteiger partial charge in [-0.15, -0.1) is 0 Å². The third-order valence-electron chi connectivity index (χ3n) is 3.49. The van der Waals surface area contributed by atoms with E-state index >= 15 is 0 Å². The summed E-state index contributed by atoms with van der Waals surface area (Å²) in [5, 5.41) is 3.49. The van der Waals surface area contributed by atoms with Gasteiger partial charge in [0.05, 0.1) is 18.8 Å². The highest BCUT2D eigenvalue weighted by Gasteiger charge is 2.23. The van der Waals surface area contributed by atoms with Crippen LogP contribution in [0.3, 0.4) is 0 Å². The molecule has 2 rings (SSSR count). The van der Waals surface area contributed by atoms with Gasteiger partial charge in [-0.1, -0.05) is 12.1 Å². The first-order valence-corrected chi connectivity index (χ1v) is 6.77. The Morgan fingerprint density at radius 1 is 1.37 bits per heavy atom. The van der Waals surface area contributed by atoms with Gasteiger partial charge < -0.3 is 14.8 Å². The SMILES string of the molecule is CCO[C@H]1CCNC(c2ccc(C(=O)OC)cc2)C1. The molecule has 2 atom stereocenters. The number of hydrogen-bond donors (Lipinski definition) is 1. The van der Waals surface area contributed by atoms with Gasteiger partial charge in [0, 0.05) is 12.6 Å². The molecular formula is C15H21NO3. The Morgan fingerprint density at radius 2 is 2.11 bits per heavy atom. The van der Waals surface area contributed by atoms with E-state index in [0.29, 0.717) is 17.7 Å². The lowest BCUT2D eigenvalue weighted by atomic mass is 9.95. The highest BCUT2D eigenvalue weighted by molar-refractivity contribution is 5.89. The number of methoxy groups -OCH3 is 1. The maximum Gasteiger partial charge on any atom is 0.337 e. The number of hydrogen-bond acceptors (Lipinski definition) is 4. The molecule has 1 N–H and O–H groups in total. The monoisotopic (exact) mass is 263 g/mol. The largest absolute Gasteiger partial charge is 0.465 e. The molecule has 1 saturated heterocycles. The van der Waals surface area contributed by atoms with Crippen LogP contribution in [-0.2, 0) is 9.47 Å². The van der Waals surface area contributed by atoms with E-state index in [1.165, 1.54) is 12.7 Å². The van der Waals surface area contributed by atoms with Crippen LogP contribution in [0.4, 0.5) is 0 Å². The molecule has 1 aromatic carbocycles. The van der Waals surface area contributed by atoms with Crippen molar-refractivity contribution in [3.63, 3.8) is 0 Å². The predicted molar refractivity (Wildman–Crippen MR) is 73.2 cm³/mol. The smallest absolute Gasteiger partial charge is 0.337 e. The van der Waals surface area contributed by atoms with Gasteiger partial charge in [-0.2, -0.15) is 0 Å². The maximum atomic E-state index is 11.4. The van der Waals surface area contributed by atoms with Crippen molar-refractivity contribution in [2.24, 2.45) is 0 Å². The first-order valence-electron chi connectivity index (χ1n) is 6.77. The molecule has 1 heterocycles. The van der Waals surface area contributed by atoms with Crippen molar-refractivity contribution in [3.8, 4) is 0 Å². The highest BCUT2D eigenvalue weighted by atomic mass is 16.5. The third kappa shape index (κ3) is 3.55. The number of benzene rings is 1. The van der Waals surface area contributed by atoms with Gasteiger partial charge in [-0.25, -0.2) is 4.79 Å². The van der Waals surface area contributed by atoms with E-state index in [0.717, 1.165) is 26.0 Å². The van der Waals surface area contributed by atoms with Crippen LogP contribution < -0.4 is 5.32 Å². The van der Waals surface area contributed by atoms with Crippen LogP contribution in [0.1, 0.15) is 41.7 Å². The summed E-state index contributed by atoms with van der Waals surface area (Å²) in [6, 6.07) is 7.90. The molecular weight excluding hydrogens is 242 g/mol. The summed E-state index contributed by atoms with van der Waals surface area (Å²) in [5.74, 6) is -0.296. The molecule has 19 heavy (non-hydrogen) atoms. The Kier molecular flexibility index (Phi) is 4.93. The summed E-state index contributed by atoms with van der Waals surface area (Å²) in [4.78, 5) is 11.4. The molecule has 0 aromatic heterocycles. The normalized spacial score (nSPS) is 23.1. The Balaban J connectivity index is 2.03. The zero-order valence-corrected chi connectivity index (χ0v) is 11.5. The van der Waals surface area contributed by atoms with Crippen molar-refractivity contribution in [1.29, 1.82) is 0 Å². The fraction of sp³-hybridized carbons (Fsp3) is 0.533. The Hall–Kier alpha value is -1.39. The average molecular weight is 263 g/mol. The predicted octanol–water partition coefficient (Wildman–Crippen LogP) is 2.30. The van der Waals surface area contributed by atoms with Gasteiger partial charge in [0.25, 0.3) is 0 Å². The first kappa shape index (κ1) is 14.0. The van der Waals surface area contributed by atoms with E-state index in [1.807, 2.05) is 31.2 Å². The van der Waals surface area contributed by atoms with Gasteiger partial charge >= 0.3 is 5.97 Å². The van der Waals surface area contributed by atoms with Crippen molar-refractivity contribution in [2.75, 3.05) is 20.3 Å². The summed E-state index contributed by atoms with van der Waals surface area (Å²) in [7, 11) is 1.39. The van der Waals surface area contributed by atoms with Crippen LogP contribution in [0.25, 0.3) is 0 Å². The molecule has 1 aliphatic heterocycles. The van der Waals surface area contributed by atoms with Gasteiger partial charge in [-0.3, -0.25) is 0 Å². The topological polar surface area (TPSA) is 47.6 Å². The number of esters is 1. The number of carbonyl (C=O) groups excluding carboxylic acids is 1. The molecule has 0 spiro atoms. The van der Waals surface area contributed by atoms with Crippen molar-refractivity contribution < 1.29 is 14.3 Å². The maximum absolute atomic E-state index is 11.4. The lowest BCUT2D eigenvalue weighted by Gasteiger charge is -2.30. The molecule has 1 aromatic rings. The minimum absolute atomic E-state index is 0.296. The summed E-state index contributed by atoms with van der Waals surface area (Å²) in [6.07, 6.45) is 2.37. The average Bonchev–Trinajstić information content (AvgIpc) is 2.47. The van der Waals surface area contributed by atoms with E-state index in [4.69, 9.17) is 9.47 Å². The molecule has 0 bridgehead atoms. The lowest BCUT2D eigenvalue weighted by Crippen LogP contribution is -2.35. The molecule has 1 unspecified atom stereocenters. The zero-order valence-electron chi connectivity index (χ0n) is 11.5. The number of nitrogens with one attached hydrogen (secondary N) is 1. The van der Waals surface area contributed by atoms with E-state index in [-0.39, 0.29) is 5.97 Å². The fourth-order valence-corrected chi connectivity index (χ4v) is 2.49. The summed E-state index contributed by atoms with van der Waals surface area (Å²) < 4.78 is 10.4. The summed E-state index contributed by atoms with van der Waals surface area (Å²) >= 11 is 0. The summed E-state index contributed by atoms with van der Waals surface area (Å²) in [5.41, 5.74) is 1.78. The minimum Gasteiger partial charge on any atom is -0.465 e. The number of ether oxygens (including phenoxy) is 2. The highest BCUT2D eigenvalue weighted by Crippen LogP contribution is 2.25. The first-order chi connectivity index (χ1) is 9.24. The van der Waals surface area contributed by atoms with Crippen LogP contribution in [0.2, 0.25) is 0 Å². The molecule has 1 fully saturated rings. The molecule has 1 aliphatic rings. The lowest BCUT2D eigenvalue weighted by molar-refractivity contribution is 0.0297. The van der Waals surface area contributed by atoms with Crippen molar-refractivity contribution >= 4 is 5.97 Å². The quantitative estimate of drug-likeness (QED) is 0.847. The van der Waals surface area contributed by atoms with Gasteiger partial charge in [-0.05, 0) is 44.0 Å². The number of rotatable bonds is 4. The van der Waals surface area contributed by atoms with Gasteiger partial charge in [0.2, 0.25) is 0 Å². The second kappa shape index (κ2) is 6.68. The second-order valence-corrected chi connectivity index (χ2v) is 4.72. The summed E-state index contributed by atoms with van der Waals surface area (Å²) in [6.45, 7) is 3.76. The molecule has 0 radical (unpaired) electrons. The number of carbonyl (C=O) groups is 1. The van der Waals surface area contributed by atoms with Crippen LogP contribution in [0.5, 0.6) is 0 Å². The van der Waals surface area contributed by atoms with Crippen LogP contribution >= 0.6 is 0 Å². The van der Waals surface area contributed by atoms with E-state index in [9.17, 15) is 4.79 Å². The van der Waals surface area contributed by atoms with Gasteiger partial charge in [0.15, 0.2) is 0 Å². The molecule has 0 aliphatic carbocycles. The van der Waals surface area contributed by atoms with Crippen LogP contribution in [-0.4, -0.2) is 32.3 Å². The van der Waals surface area contributed by atoms with E-state index < -0.39 is 0 Å². The third-order valence-corrected chi connectivity index (χ3v) is 3.49.